The molecular formula is C28H29N5O3. The Labute approximate surface area is 210 Å². The Kier molecular flexibility index (Phi) is 7.04. The number of ether oxygens (including phenoxy) is 2. The molecule has 1 amide bonds. The predicted octanol–water partition coefficient (Wildman–Crippen LogP) is 4.18. The van der Waals surface area contributed by atoms with Crippen LogP contribution in [0.1, 0.15) is 35.7 Å². The molecule has 0 bridgehead atoms. The summed E-state index contributed by atoms with van der Waals surface area (Å²) in [5, 5.41) is 0. The first-order chi connectivity index (χ1) is 17.6. The molecule has 3 heterocycles. The van der Waals surface area contributed by atoms with Crippen LogP contribution in [0.2, 0.25) is 0 Å². The number of aromatic nitrogens is 2. The summed E-state index contributed by atoms with van der Waals surface area (Å²) >= 11 is 0. The van der Waals surface area contributed by atoms with Gasteiger partial charge in [0, 0.05) is 31.8 Å². The number of carbonyl (C=O) groups excluding carboxylic acids is 1. The number of nitrogens with two attached hydrogens (primary N) is 1. The number of fused-ring (bicyclic) bond motifs is 1. The van der Waals surface area contributed by atoms with Gasteiger partial charge in [-0.25, -0.2) is 9.97 Å². The SMILES string of the molecule is COC/C=C/C(=O)N1CCC(CC2N=C(c3ccc(Oc4ccccc4)cc3)c3c(N)ncnc32)C1. The lowest BCUT2D eigenvalue weighted by Crippen LogP contribution is -2.27. The molecule has 2 atom stereocenters. The minimum absolute atomic E-state index is 0.0231. The summed E-state index contributed by atoms with van der Waals surface area (Å²) in [6.45, 7) is 1.88. The third-order valence-corrected chi connectivity index (χ3v) is 6.53. The number of anilines is 1. The highest BCUT2D eigenvalue weighted by molar-refractivity contribution is 6.17. The highest BCUT2D eigenvalue weighted by Gasteiger charge is 2.34. The maximum atomic E-state index is 12.4. The minimum Gasteiger partial charge on any atom is -0.457 e. The molecule has 0 aliphatic carbocycles. The Hall–Kier alpha value is -4.04. The smallest absolute Gasteiger partial charge is 0.246 e. The van der Waals surface area contributed by atoms with Gasteiger partial charge in [0.25, 0.3) is 0 Å². The number of likely N-dealkylation sites (tertiary alicyclic amines) is 1. The second-order valence-corrected chi connectivity index (χ2v) is 8.98. The molecule has 184 valence electrons. The normalized spacial score (nSPS) is 18.9. The van der Waals surface area contributed by atoms with E-state index in [-0.39, 0.29) is 11.9 Å². The van der Waals surface area contributed by atoms with Gasteiger partial charge in [0.15, 0.2) is 0 Å². The Morgan fingerprint density at radius 1 is 1.11 bits per heavy atom. The molecule has 0 radical (unpaired) electrons. The molecule has 2 aliphatic heterocycles. The zero-order chi connectivity index (χ0) is 24.9. The van der Waals surface area contributed by atoms with Crippen LogP contribution in [-0.4, -0.2) is 53.3 Å². The van der Waals surface area contributed by atoms with Crippen LogP contribution in [0, 0.1) is 5.92 Å². The number of hydrogen-bond acceptors (Lipinski definition) is 7. The lowest BCUT2D eigenvalue weighted by Gasteiger charge is -2.16. The van der Waals surface area contributed by atoms with Crippen molar-refractivity contribution in [3.63, 3.8) is 0 Å². The molecule has 1 fully saturated rings. The van der Waals surface area contributed by atoms with E-state index in [0.717, 1.165) is 53.4 Å². The van der Waals surface area contributed by atoms with Gasteiger partial charge in [-0.05, 0) is 55.2 Å². The van der Waals surface area contributed by atoms with Crippen molar-refractivity contribution in [2.45, 2.75) is 18.9 Å². The Morgan fingerprint density at radius 3 is 2.67 bits per heavy atom. The molecular weight excluding hydrogens is 454 g/mol. The van der Waals surface area contributed by atoms with Crippen molar-refractivity contribution in [2.75, 3.05) is 32.5 Å². The van der Waals surface area contributed by atoms with E-state index in [1.807, 2.05) is 59.5 Å². The fourth-order valence-corrected chi connectivity index (χ4v) is 4.77. The zero-order valence-electron chi connectivity index (χ0n) is 20.2. The molecule has 1 saturated heterocycles. The third-order valence-electron chi connectivity index (χ3n) is 6.53. The molecule has 8 heteroatoms. The number of benzene rings is 2. The van der Waals surface area contributed by atoms with Gasteiger partial charge in [-0.1, -0.05) is 24.3 Å². The zero-order valence-corrected chi connectivity index (χ0v) is 20.2. The van der Waals surface area contributed by atoms with Crippen LogP contribution in [0.3, 0.4) is 0 Å². The summed E-state index contributed by atoms with van der Waals surface area (Å²) in [4.78, 5) is 28.2. The van der Waals surface area contributed by atoms with Crippen molar-refractivity contribution in [2.24, 2.45) is 10.9 Å². The summed E-state index contributed by atoms with van der Waals surface area (Å²) in [6.07, 6.45) is 6.57. The molecule has 2 unspecified atom stereocenters. The molecule has 3 aromatic rings. The summed E-state index contributed by atoms with van der Waals surface area (Å²) in [7, 11) is 1.61. The van der Waals surface area contributed by atoms with Gasteiger partial charge >= 0.3 is 0 Å². The summed E-state index contributed by atoms with van der Waals surface area (Å²) < 4.78 is 10.9. The lowest BCUT2D eigenvalue weighted by atomic mass is 9.96. The quantitative estimate of drug-likeness (QED) is 0.482. The first-order valence-electron chi connectivity index (χ1n) is 12.1. The second-order valence-electron chi connectivity index (χ2n) is 8.98. The van der Waals surface area contributed by atoms with Crippen molar-refractivity contribution in [1.29, 1.82) is 0 Å². The average Bonchev–Trinajstić information content (AvgIpc) is 3.51. The topological polar surface area (TPSA) is 103 Å². The summed E-state index contributed by atoms with van der Waals surface area (Å²) in [5.41, 5.74) is 9.68. The van der Waals surface area contributed by atoms with Crippen molar-refractivity contribution < 1.29 is 14.3 Å². The molecule has 0 saturated carbocycles. The highest BCUT2D eigenvalue weighted by Crippen LogP contribution is 2.39. The first kappa shape index (κ1) is 23.7. The molecule has 5 rings (SSSR count). The van der Waals surface area contributed by atoms with E-state index >= 15 is 0 Å². The number of nitrogen functional groups attached to an aromatic ring is 1. The van der Waals surface area contributed by atoms with E-state index in [9.17, 15) is 4.79 Å². The molecule has 2 aromatic carbocycles. The van der Waals surface area contributed by atoms with Gasteiger partial charge in [-0.2, -0.15) is 0 Å². The van der Waals surface area contributed by atoms with Gasteiger partial charge in [0.05, 0.1) is 29.6 Å². The molecule has 36 heavy (non-hydrogen) atoms. The van der Waals surface area contributed by atoms with Crippen molar-refractivity contribution in [3.05, 3.63) is 89.9 Å². The van der Waals surface area contributed by atoms with E-state index in [2.05, 4.69) is 9.97 Å². The van der Waals surface area contributed by atoms with E-state index < -0.39 is 0 Å². The number of para-hydroxylation sites is 1. The van der Waals surface area contributed by atoms with Crippen LogP contribution >= 0.6 is 0 Å². The molecule has 8 nitrogen and oxygen atoms in total. The van der Waals surface area contributed by atoms with Crippen LogP contribution in [0.25, 0.3) is 0 Å². The number of rotatable bonds is 8. The maximum absolute atomic E-state index is 12.4. The average molecular weight is 484 g/mol. The fourth-order valence-electron chi connectivity index (χ4n) is 4.77. The van der Waals surface area contributed by atoms with Crippen LogP contribution in [-0.2, 0) is 9.53 Å². The minimum atomic E-state index is -0.121. The summed E-state index contributed by atoms with van der Waals surface area (Å²) in [5.74, 6) is 2.31. The number of amides is 1. The second kappa shape index (κ2) is 10.7. The fraction of sp³-hybridized carbons (Fsp3) is 0.286. The van der Waals surface area contributed by atoms with Gasteiger partial charge in [0.1, 0.15) is 23.6 Å². The van der Waals surface area contributed by atoms with Crippen molar-refractivity contribution in [3.8, 4) is 11.5 Å². The van der Waals surface area contributed by atoms with Crippen LogP contribution in [0.4, 0.5) is 5.82 Å². The predicted molar refractivity (Wildman–Crippen MR) is 138 cm³/mol. The van der Waals surface area contributed by atoms with E-state index in [1.54, 1.807) is 19.3 Å². The van der Waals surface area contributed by atoms with Crippen molar-refractivity contribution >= 4 is 17.4 Å². The van der Waals surface area contributed by atoms with Gasteiger partial charge in [-0.3, -0.25) is 9.79 Å². The highest BCUT2D eigenvalue weighted by atomic mass is 16.5. The van der Waals surface area contributed by atoms with Gasteiger partial charge in [0.2, 0.25) is 5.91 Å². The Balaban J connectivity index is 1.32. The van der Waals surface area contributed by atoms with Gasteiger partial charge < -0.3 is 20.1 Å². The largest absolute Gasteiger partial charge is 0.457 e. The van der Waals surface area contributed by atoms with E-state index in [0.29, 0.717) is 24.9 Å². The van der Waals surface area contributed by atoms with E-state index in [4.69, 9.17) is 20.2 Å². The molecule has 1 aromatic heterocycles. The number of aliphatic imine (C=N–C) groups is 1. The van der Waals surface area contributed by atoms with Crippen LogP contribution in [0.5, 0.6) is 11.5 Å². The summed E-state index contributed by atoms with van der Waals surface area (Å²) in [6, 6.07) is 17.4. The Morgan fingerprint density at radius 2 is 1.89 bits per heavy atom. The lowest BCUT2D eigenvalue weighted by molar-refractivity contribution is -0.125. The van der Waals surface area contributed by atoms with Crippen LogP contribution in [0.15, 0.2) is 78.1 Å². The first-order valence-corrected chi connectivity index (χ1v) is 12.1. The number of methoxy groups -OCH3 is 1. The van der Waals surface area contributed by atoms with Crippen molar-refractivity contribution in [1.82, 2.24) is 14.9 Å². The maximum Gasteiger partial charge on any atom is 0.246 e. The number of nitrogens with zero attached hydrogens (tertiary/aromatic N) is 4. The Bertz CT molecular complexity index is 1270. The number of carbonyl (C=O) groups is 1. The molecule has 0 spiro atoms. The monoisotopic (exact) mass is 483 g/mol. The van der Waals surface area contributed by atoms with Crippen LogP contribution < -0.4 is 10.5 Å². The third kappa shape index (κ3) is 5.13. The molecule has 2 N–H and O–H groups in total. The molecule has 2 aliphatic rings. The number of hydrogen-bond donors (Lipinski definition) is 1. The standard InChI is InChI=1S/C28H29N5O3/c1-35-15-5-8-24(34)33-14-13-19(17-33)16-23-27-25(28(29)31-18-30-27)26(32-23)20-9-11-22(12-10-20)36-21-6-3-2-4-7-21/h2-12,18-19,23H,13-17H2,1H3,(H2,29,30,31)/b8-5+. The van der Waals surface area contributed by atoms with E-state index in [1.165, 1.54) is 6.33 Å². The van der Waals surface area contributed by atoms with Gasteiger partial charge in [-0.15, -0.1) is 0 Å².